The number of amides is 2. The van der Waals surface area contributed by atoms with Gasteiger partial charge in [-0.15, -0.1) is 0 Å². The van der Waals surface area contributed by atoms with Gasteiger partial charge in [-0.05, 0) is 38.8 Å². The molecule has 0 radical (unpaired) electrons. The van der Waals surface area contributed by atoms with E-state index >= 15 is 0 Å². The van der Waals surface area contributed by atoms with Gasteiger partial charge < -0.3 is 15.5 Å². The number of nitrogens with one attached hydrogen (secondary N) is 2. The van der Waals surface area contributed by atoms with Crippen LogP contribution in [-0.4, -0.2) is 39.9 Å². The lowest BCUT2D eigenvalue weighted by Gasteiger charge is -2.33. The standard InChI is InChI=1S/C18H23N7O/c1-3-25-12-16(13(2)23-25)22-18(26)21-15-6-9-24(10-7-15)17-14(11-19)5-4-8-20-17/h4-5,8,12,15H,3,6-7,9-10H2,1-2H3,(H2,21,22,26). The molecule has 2 aromatic heterocycles. The fraction of sp³-hybridized carbons (Fsp3) is 0.444. The Bertz CT molecular complexity index is 815. The molecule has 0 aliphatic carbocycles. The number of hydrogen-bond acceptors (Lipinski definition) is 5. The van der Waals surface area contributed by atoms with E-state index in [1.54, 1.807) is 23.0 Å². The molecule has 0 bridgehead atoms. The van der Waals surface area contributed by atoms with Crippen molar-refractivity contribution in [3.05, 3.63) is 35.8 Å². The van der Waals surface area contributed by atoms with Crippen molar-refractivity contribution in [1.82, 2.24) is 20.1 Å². The van der Waals surface area contributed by atoms with Crippen molar-refractivity contribution in [2.75, 3.05) is 23.3 Å². The van der Waals surface area contributed by atoms with Gasteiger partial charge in [-0.2, -0.15) is 10.4 Å². The molecule has 1 fully saturated rings. The maximum Gasteiger partial charge on any atom is 0.319 e. The van der Waals surface area contributed by atoms with Gasteiger partial charge in [-0.25, -0.2) is 9.78 Å². The highest BCUT2D eigenvalue weighted by Crippen LogP contribution is 2.21. The molecule has 2 amide bonds. The Hall–Kier alpha value is -3.08. The van der Waals surface area contributed by atoms with E-state index in [-0.39, 0.29) is 12.1 Å². The SMILES string of the molecule is CCn1cc(NC(=O)NC2CCN(c3ncccc3C#N)CC2)c(C)n1. The summed E-state index contributed by atoms with van der Waals surface area (Å²) in [5, 5.41) is 19.4. The summed E-state index contributed by atoms with van der Waals surface area (Å²) in [5.74, 6) is 0.723. The Morgan fingerprint density at radius 2 is 2.19 bits per heavy atom. The molecule has 3 heterocycles. The molecule has 0 spiro atoms. The molecule has 0 saturated carbocycles. The molecule has 136 valence electrons. The maximum atomic E-state index is 12.3. The van der Waals surface area contributed by atoms with E-state index in [0.717, 1.165) is 49.7 Å². The first kappa shape index (κ1) is 17.7. The molecule has 1 saturated heterocycles. The van der Waals surface area contributed by atoms with E-state index in [2.05, 4.69) is 31.7 Å². The number of rotatable bonds is 4. The van der Waals surface area contributed by atoms with Crippen molar-refractivity contribution < 1.29 is 4.79 Å². The molecule has 2 aromatic rings. The Balaban J connectivity index is 1.53. The maximum absolute atomic E-state index is 12.3. The molecule has 1 aliphatic rings. The van der Waals surface area contributed by atoms with Crippen molar-refractivity contribution in [3.8, 4) is 6.07 Å². The predicted octanol–water partition coefficient (Wildman–Crippen LogP) is 2.27. The predicted molar refractivity (Wildman–Crippen MR) is 99.0 cm³/mol. The number of pyridine rings is 1. The quantitative estimate of drug-likeness (QED) is 0.878. The lowest BCUT2D eigenvalue weighted by molar-refractivity contribution is 0.246. The Morgan fingerprint density at radius 3 is 2.85 bits per heavy atom. The summed E-state index contributed by atoms with van der Waals surface area (Å²) in [6.07, 6.45) is 5.15. The second-order valence-electron chi connectivity index (χ2n) is 6.33. The molecule has 8 nitrogen and oxygen atoms in total. The minimum absolute atomic E-state index is 0.0991. The molecular formula is C18H23N7O. The van der Waals surface area contributed by atoms with Crippen molar-refractivity contribution in [2.45, 2.75) is 39.3 Å². The van der Waals surface area contributed by atoms with Gasteiger partial charge in [0, 0.05) is 38.1 Å². The number of piperidine rings is 1. The summed E-state index contributed by atoms with van der Waals surface area (Å²) in [6.45, 7) is 6.15. The lowest BCUT2D eigenvalue weighted by Crippen LogP contribution is -2.46. The Kier molecular flexibility index (Phi) is 5.37. The summed E-state index contributed by atoms with van der Waals surface area (Å²) >= 11 is 0. The van der Waals surface area contributed by atoms with E-state index < -0.39 is 0 Å². The number of nitriles is 1. The van der Waals surface area contributed by atoms with E-state index in [1.807, 2.05) is 20.0 Å². The average molecular weight is 353 g/mol. The smallest absolute Gasteiger partial charge is 0.319 e. The fourth-order valence-corrected chi connectivity index (χ4v) is 3.12. The molecule has 0 atom stereocenters. The van der Waals surface area contributed by atoms with Crippen LogP contribution in [0.5, 0.6) is 0 Å². The van der Waals surface area contributed by atoms with Gasteiger partial charge in [-0.1, -0.05) is 0 Å². The summed E-state index contributed by atoms with van der Waals surface area (Å²) in [5.41, 5.74) is 2.12. The van der Waals surface area contributed by atoms with Crippen LogP contribution in [0.15, 0.2) is 24.5 Å². The van der Waals surface area contributed by atoms with Crippen LogP contribution >= 0.6 is 0 Å². The van der Waals surface area contributed by atoms with Gasteiger partial charge in [-0.3, -0.25) is 4.68 Å². The summed E-state index contributed by atoms with van der Waals surface area (Å²) in [7, 11) is 0. The molecule has 26 heavy (non-hydrogen) atoms. The van der Waals surface area contributed by atoms with E-state index in [1.165, 1.54) is 0 Å². The third-order valence-corrected chi connectivity index (χ3v) is 4.56. The van der Waals surface area contributed by atoms with E-state index in [4.69, 9.17) is 0 Å². The highest BCUT2D eigenvalue weighted by atomic mass is 16.2. The third kappa shape index (κ3) is 3.94. The van der Waals surface area contributed by atoms with Gasteiger partial charge in [0.25, 0.3) is 0 Å². The van der Waals surface area contributed by atoms with Crippen LogP contribution in [0, 0.1) is 18.3 Å². The monoisotopic (exact) mass is 353 g/mol. The van der Waals surface area contributed by atoms with Gasteiger partial charge in [0.1, 0.15) is 11.9 Å². The van der Waals surface area contributed by atoms with Crippen LogP contribution in [0.3, 0.4) is 0 Å². The Morgan fingerprint density at radius 1 is 1.42 bits per heavy atom. The lowest BCUT2D eigenvalue weighted by atomic mass is 10.0. The molecule has 8 heteroatoms. The van der Waals surface area contributed by atoms with Crippen molar-refractivity contribution in [1.29, 1.82) is 5.26 Å². The second kappa shape index (κ2) is 7.87. The third-order valence-electron chi connectivity index (χ3n) is 4.56. The first-order chi connectivity index (χ1) is 12.6. The highest BCUT2D eigenvalue weighted by Gasteiger charge is 2.23. The molecule has 1 aliphatic heterocycles. The molecule has 3 rings (SSSR count). The van der Waals surface area contributed by atoms with Crippen LogP contribution in [-0.2, 0) is 6.54 Å². The fourth-order valence-electron chi connectivity index (χ4n) is 3.12. The summed E-state index contributed by atoms with van der Waals surface area (Å²) in [6, 6.07) is 5.62. The molecule has 0 aromatic carbocycles. The van der Waals surface area contributed by atoms with Crippen molar-refractivity contribution >= 4 is 17.5 Å². The number of anilines is 2. The minimum atomic E-state index is -0.210. The van der Waals surface area contributed by atoms with Crippen LogP contribution < -0.4 is 15.5 Å². The van der Waals surface area contributed by atoms with Crippen LogP contribution in [0.2, 0.25) is 0 Å². The number of aryl methyl sites for hydroxylation is 2. The number of urea groups is 1. The summed E-state index contributed by atoms with van der Waals surface area (Å²) in [4.78, 5) is 18.7. The number of carbonyl (C=O) groups excluding carboxylic acids is 1. The molecule has 2 N–H and O–H groups in total. The first-order valence-corrected chi connectivity index (χ1v) is 8.82. The van der Waals surface area contributed by atoms with E-state index in [9.17, 15) is 10.1 Å². The highest BCUT2D eigenvalue weighted by molar-refractivity contribution is 5.89. The Labute approximate surface area is 152 Å². The second-order valence-corrected chi connectivity index (χ2v) is 6.33. The number of carbonyl (C=O) groups is 1. The van der Waals surface area contributed by atoms with Gasteiger partial charge in [0.2, 0.25) is 0 Å². The number of aromatic nitrogens is 3. The number of nitrogens with zero attached hydrogens (tertiary/aromatic N) is 5. The van der Waals surface area contributed by atoms with E-state index in [0.29, 0.717) is 5.56 Å². The van der Waals surface area contributed by atoms with Crippen LogP contribution in [0.1, 0.15) is 31.0 Å². The number of hydrogen-bond donors (Lipinski definition) is 2. The largest absolute Gasteiger partial charge is 0.355 e. The van der Waals surface area contributed by atoms with Gasteiger partial charge >= 0.3 is 6.03 Å². The zero-order valence-electron chi connectivity index (χ0n) is 15.1. The topological polar surface area (TPSA) is 98.9 Å². The summed E-state index contributed by atoms with van der Waals surface area (Å²) < 4.78 is 1.79. The van der Waals surface area contributed by atoms with Crippen molar-refractivity contribution in [3.63, 3.8) is 0 Å². The first-order valence-electron chi connectivity index (χ1n) is 8.82. The van der Waals surface area contributed by atoms with Crippen LogP contribution in [0.25, 0.3) is 0 Å². The van der Waals surface area contributed by atoms with Gasteiger partial charge in [0.15, 0.2) is 0 Å². The average Bonchev–Trinajstić information content (AvgIpc) is 3.02. The minimum Gasteiger partial charge on any atom is -0.355 e. The zero-order chi connectivity index (χ0) is 18.5. The molecular weight excluding hydrogens is 330 g/mol. The van der Waals surface area contributed by atoms with Gasteiger partial charge in [0.05, 0.1) is 16.9 Å². The normalized spacial score (nSPS) is 14.7. The van der Waals surface area contributed by atoms with Crippen molar-refractivity contribution in [2.24, 2.45) is 0 Å². The molecule has 0 unspecified atom stereocenters. The zero-order valence-corrected chi connectivity index (χ0v) is 15.1. The van der Waals surface area contributed by atoms with Crippen LogP contribution in [0.4, 0.5) is 16.3 Å².